The van der Waals surface area contributed by atoms with Crippen LogP contribution in [0.2, 0.25) is 0 Å². The molecule has 0 aromatic heterocycles. The van der Waals surface area contributed by atoms with Crippen LogP contribution in [0.25, 0.3) is 0 Å². The van der Waals surface area contributed by atoms with Gasteiger partial charge in [0, 0.05) is 25.7 Å². The predicted octanol–water partition coefficient (Wildman–Crippen LogP) is 1.99. The van der Waals surface area contributed by atoms with Crippen LogP contribution in [0.1, 0.15) is 26.2 Å². The highest BCUT2D eigenvalue weighted by molar-refractivity contribution is 7.89. The third-order valence-corrected chi connectivity index (χ3v) is 4.90. The molecule has 0 heterocycles. The topological polar surface area (TPSA) is 107 Å². The maximum absolute atomic E-state index is 12.3. The summed E-state index contributed by atoms with van der Waals surface area (Å²) in [5, 5.41) is 10.6. The van der Waals surface area contributed by atoms with E-state index < -0.39 is 14.9 Å². The van der Waals surface area contributed by atoms with Crippen LogP contribution < -0.4 is 5.73 Å². The molecule has 0 fully saturated rings. The highest BCUT2D eigenvalue weighted by Crippen LogP contribution is 2.26. The minimum atomic E-state index is -3.71. The number of rotatable bonds is 7. The second-order valence-corrected chi connectivity index (χ2v) is 6.53. The number of anilines is 1. The van der Waals surface area contributed by atoms with Gasteiger partial charge in [0.1, 0.15) is 4.90 Å². The van der Waals surface area contributed by atoms with Gasteiger partial charge in [0.05, 0.1) is 10.6 Å². The number of hydrogen-bond acceptors (Lipinski definition) is 5. The van der Waals surface area contributed by atoms with Crippen LogP contribution in [0.5, 0.6) is 0 Å². The Morgan fingerprint density at radius 1 is 1.35 bits per heavy atom. The molecule has 0 amide bonds. The van der Waals surface area contributed by atoms with Gasteiger partial charge in [-0.05, 0) is 12.5 Å². The van der Waals surface area contributed by atoms with Crippen LogP contribution in [-0.2, 0) is 10.0 Å². The fourth-order valence-corrected chi connectivity index (χ4v) is 3.06. The molecule has 0 aliphatic carbocycles. The van der Waals surface area contributed by atoms with Gasteiger partial charge in [0.25, 0.3) is 5.69 Å². The largest absolute Gasteiger partial charge is 0.397 e. The van der Waals surface area contributed by atoms with Crippen LogP contribution in [0.3, 0.4) is 0 Å². The molecule has 20 heavy (non-hydrogen) atoms. The van der Waals surface area contributed by atoms with Gasteiger partial charge in [-0.2, -0.15) is 0 Å². The van der Waals surface area contributed by atoms with Gasteiger partial charge in [-0.3, -0.25) is 10.1 Å². The molecule has 0 saturated heterocycles. The number of benzene rings is 1. The van der Waals surface area contributed by atoms with E-state index in [1.165, 1.54) is 17.4 Å². The first kappa shape index (κ1) is 16.4. The Bertz CT molecular complexity index is 586. The second-order valence-electron chi connectivity index (χ2n) is 4.51. The first-order valence-corrected chi connectivity index (χ1v) is 7.75. The maximum Gasteiger partial charge on any atom is 0.271 e. The fourth-order valence-electron chi connectivity index (χ4n) is 1.76. The van der Waals surface area contributed by atoms with Crippen molar-refractivity contribution in [2.45, 2.75) is 31.1 Å². The van der Waals surface area contributed by atoms with E-state index in [1.807, 2.05) is 6.92 Å². The van der Waals surface area contributed by atoms with E-state index in [9.17, 15) is 18.5 Å². The highest BCUT2D eigenvalue weighted by atomic mass is 32.2. The van der Waals surface area contributed by atoms with Crippen LogP contribution >= 0.6 is 0 Å². The Kier molecular flexibility index (Phi) is 5.46. The van der Waals surface area contributed by atoms with Crippen molar-refractivity contribution in [2.75, 3.05) is 19.3 Å². The summed E-state index contributed by atoms with van der Waals surface area (Å²) in [5.41, 5.74) is 5.29. The lowest BCUT2D eigenvalue weighted by molar-refractivity contribution is -0.384. The molecule has 8 heteroatoms. The molecule has 0 aliphatic heterocycles. The molecule has 2 N–H and O–H groups in total. The van der Waals surface area contributed by atoms with E-state index in [2.05, 4.69) is 0 Å². The summed E-state index contributed by atoms with van der Waals surface area (Å²) in [6.45, 7) is 2.43. The van der Waals surface area contributed by atoms with Crippen molar-refractivity contribution < 1.29 is 13.3 Å². The van der Waals surface area contributed by atoms with Crippen molar-refractivity contribution in [2.24, 2.45) is 0 Å². The highest BCUT2D eigenvalue weighted by Gasteiger charge is 2.24. The van der Waals surface area contributed by atoms with E-state index in [0.29, 0.717) is 6.54 Å². The molecule has 0 atom stereocenters. The summed E-state index contributed by atoms with van der Waals surface area (Å²) in [6, 6.07) is 3.38. The lowest BCUT2D eigenvalue weighted by Gasteiger charge is -2.18. The average Bonchev–Trinajstić information content (AvgIpc) is 2.38. The second kappa shape index (κ2) is 6.67. The lowest BCUT2D eigenvalue weighted by atomic mass is 10.2. The van der Waals surface area contributed by atoms with Gasteiger partial charge < -0.3 is 5.73 Å². The third kappa shape index (κ3) is 3.67. The van der Waals surface area contributed by atoms with Gasteiger partial charge in [0.2, 0.25) is 10.0 Å². The molecule has 0 saturated carbocycles. The number of hydrogen-bond donors (Lipinski definition) is 1. The van der Waals surface area contributed by atoms with Gasteiger partial charge in [-0.25, -0.2) is 12.7 Å². The molecule has 1 aromatic carbocycles. The summed E-state index contributed by atoms with van der Waals surface area (Å²) in [5.74, 6) is 0. The molecule has 0 unspecified atom stereocenters. The molecule has 1 rings (SSSR count). The van der Waals surface area contributed by atoms with Gasteiger partial charge in [-0.15, -0.1) is 0 Å². The molecule has 0 aliphatic rings. The number of nitrogens with two attached hydrogens (primary N) is 1. The molecule has 112 valence electrons. The summed E-state index contributed by atoms with van der Waals surface area (Å²) >= 11 is 0. The van der Waals surface area contributed by atoms with Gasteiger partial charge in [0.15, 0.2) is 0 Å². The quantitative estimate of drug-likeness (QED) is 0.359. The molecule has 0 spiro atoms. The van der Waals surface area contributed by atoms with Gasteiger partial charge in [-0.1, -0.05) is 19.8 Å². The molecular formula is C12H19N3O4S. The number of non-ortho nitro benzene ring substituents is 1. The number of nitro benzene ring substituents is 1. The maximum atomic E-state index is 12.3. The number of sulfonamides is 1. The van der Waals surface area contributed by atoms with Gasteiger partial charge >= 0.3 is 0 Å². The summed E-state index contributed by atoms with van der Waals surface area (Å²) in [7, 11) is -2.23. The first-order valence-electron chi connectivity index (χ1n) is 6.31. The Hall–Kier alpha value is -1.67. The Morgan fingerprint density at radius 3 is 2.50 bits per heavy atom. The number of nitrogens with zero attached hydrogens (tertiary/aromatic N) is 2. The monoisotopic (exact) mass is 301 g/mol. The average molecular weight is 301 g/mol. The number of unbranched alkanes of at least 4 members (excludes halogenated alkanes) is 2. The normalized spacial score (nSPS) is 11.8. The van der Waals surface area contributed by atoms with Crippen LogP contribution in [0, 0.1) is 10.1 Å². The molecule has 7 nitrogen and oxygen atoms in total. The Morgan fingerprint density at radius 2 is 2.00 bits per heavy atom. The van der Waals surface area contributed by atoms with E-state index in [0.717, 1.165) is 31.4 Å². The Labute approximate surface area is 118 Å². The van der Waals surface area contributed by atoms with Crippen molar-refractivity contribution in [3.63, 3.8) is 0 Å². The molecule has 0 radical (unpaired) electrons. The summed E-state index contributed by atoms with van der Waals surface area (Å²) < 4.78 is 25.8. The van der Waals surface area contributed by atoms with Crippen LogP contribution in [0.4, 0.5) is 11.4 Å². The summed E-state index contributed by atoms with van der Waals surface area (Å²) in [6.07, 6.45) is 2.70. The van der Waals surface area contributed by atoms with E-state index in [1.54, 1.807) is 0 Å². The minimum absolute atomic E-state index is 0.0953. The van der Waals surface area contributed by atoms with Crippen LogP contribution in [0.15, 0.2) is 23.1 Å². The molecular weight excluding hydrogens is 282 g/mol. The minimum Gasteiger partial charge on any atom is -0.397 e. The van der Waals surface area contributed by atoms with E-state index >= 15 is 0 Å². The SMILES string of the molecule is CCCCCN(C)S(=O)(=O)c1ccc([N+](=O)[O-])cc1N. The van der Waals surface area contributed by atoms with Crippen molar-refractivity contribution in [3.05, 3.63) is 28.3 Å². The first-order chi connectivity index (χ1) is 9.30. The summed E-state index contributed by atoms with van der Waals surface area (Å²) in [4.78, 5) is 9.90. The third-order valence-electron chi connectivity index (χ3n) is 2.97. The standard InChI is InChI=1S/C12H19N3O4S/c1-3-4-5-8-14(2)20(18,19)12-7-6-10(15(16)17)9-11(12)13/h6-7,9H,3-5,8,13H2,1-2H3. The lowest BCUT2D eigenvalue weighted by Crippen LogP contribution is -2.28. The Balaban J connectivity index is 3.00. The van der Waals surface area contributed by atoms with E-state index in [-0.39, 0.29) is 16.3 Å². The number of nitro groups is 1. The predicted molar refractivity (Wildman–Crippen MR) is 76.8 cm³/mol. The van der Waals surface area contributed by atoms with E-state index in [4.69, 9.17) is 5.73 Å². The van der Waals surface area contributed by atoms with Crippen molar-refractivity contribution in [1.82, 2.24) is 4.31 Å². The van der Waals surface area contributed by atoms with Crippen molar-refractivity contribution in [1.29, 1.82) is 0 Å². The van der Waals surface area contributed by atoms with Crippen LogP contribution in [-0.4, -0.2) is 31.2 Å². The smallest absolute Gasteiger partial charge is 0.271 e. The molecule has 1 aromatic rings. The number of nitrogen functional groups attached to an aromatic ring is 1. The van der Waals surface area contributed by atoms with Crippen molar-refractivity contribution in [3.8, 4) is 0 Å². The van der Waals surface area contributed by atoms with Crippen molar-refractivity contribution >= 4 is 21.4 Å². The fraction of sp³-hybridized carbons (Fsp3) is 0.500. The zero-order valence-electron chi connectivity index (χ0n) is 11.6. The zero-order chi connectivity index (χ0) is 15.3. The zero-order valence-corrected chi connectivity index (χ0v) is 12.4. The molecule has 0 bridgehead atoms.